The summed E-state index contributed by atoms with van der Waals surface area (Å²) in [5.74, 6) is 0.942. The van der Waals surface area contributed by atoms with Crippen molar-refractivity contribution in [3.63, 3.8) is 0 Å². The number of hydrogen-bond acceptors (Lipinski definition) is 3. The van der Waals surface area contributed by atoms with Crippen molar-refractivity contribution in [2.75, 3.05) is 7.05 Å². The van der Waals surface area contributed by atoms with Crippen LogP contribution in [0.4, 0.5) is 4.39 Å². The number of benzene rings is 1. The predicted octanol–water partition coefficient (Wildman–Crippen LogP) is 3.23. The van der Waals surface area contributed by atoms with Gasteiger partial charge in [-0.1, -0.05) is 37.6 Å². The first-order chi connectivity index (χ1) is 10.0. The Labute approximate surface area is 129 Å². The molecule has 4 nitrogen and oxygen atoms in total. The first-order valence-electron chi connectivity index (χ1n) is 7.00. The molecule has 0 amide bonds. The van der Waals surface area contributed by atoms with Gasteiger partial charge in [0.15, 0.2) is 0 Å². The zero-order valence-electron chi connectivity index (χ0n) is 12.5. The van der Waals surface area contributed by atoms with E-state index in [0.29, 0.717) is 12.3 Å². The van der Waals surface area contributed by atoms with Gasteiger partial charge in [0.05, 0.1) is 5.02 Å². The van der Waals surface area contributed by atoms with Crippen LogP contribution in [-0.4, -0.2) is 21.8 Å². The molecule has 0 bridgehead atoms. The first kappa shape index (κ1) is 15.9. The Bertz CT molecular complexity index is 597. The topological polar surface area (TPSA) is 42.7 Å². The molecule has 114 valence electrons. The van der Waals surface area contributed by atoms with Crippen LogP contribution in [0.1, 0.15) is 31.3 Å². The minimum Gasteiger partial charge on any atom is -0.313 e. The quantitative estimate of drug-likeness (QED) is 0.891. The van der Waals surface area contributed by atoms with Crippen molar-refractivity contribution in [1.29, 1.82) is 0 Å². The standard InChI is InChI=1S/C15H20ClFN4/c1-10(2)8-21-14(19-9-20-21)7-13(18-3)11-5-4-6-12(17)15(11)16/h4-6,9-10,13,18H,7-8H2,1-3H3. The van der Waals surface area contributed by atoms with E-state index in [1.54, 1.807) is 12.4 Å². The summed E-state index contributed by atoms with van der Waals surface area (Å²) in [5.41, 5.74) is 0.735. The van der Waals surface area contributed by atoms with Crippen molar-refractivity contribution in [3.8, 4) is 0 Å². The largest absolute Gasteiger partial charge is 0.313 e. The highest BCUT2D eigenvalue weighted by molar-refractivity contribution is 6.31. The first-order valence-corrected chi connectivity index (χ1v) is 7.38. The fourth-order valence-corrected chi connectivity index (χ4v) is 2.54. The highest BCUT2D eigenvalue weighted by Gasteiger charge is 2.18. The van der Waals surface area contributed by atoms with Gasteiger partial charge in [-0.15, -0.1) is 0 Å². The number of aromatic nitrogens is 3. The van der Waals surface area contributed by atoms with E-state index in [2.05, 4.69) is 29.2 Å². The molecule has 0 spiro atoms. The molecule has 0 radical (unpaired) electrons. The molecular weight excluding hydrogens is 291 g/mol. The number of nitrogens with zero attached hydrogens (tertiary/aromatic N) is 3. The fraction of sp³-hybridized carbons (Fsp3) is 0.467. The summed E-state index contributed by atoms with van der Waals surface area (Å²) in [6.07, 6.45) is 2.16. The van der Waals surface area contributed by atoms with Crippen LogP contribution < -0.4 is 5.32 Å². The Balaban J connectivity index is 2.24. The van der Waals surface area contributed by atoms with Gasteiger partial charge in [0.25, 0.3) is 0 Å². The van der Waals surface area contributed by atoms with E-state index < -0.39 is 5.82 Å². The minimum atomic E-state index is -0.405. The lowest BCUT2D eigenvalue weighted by atomic mass is 10.0. The second-order valence-corrected chi connectivity index (χ2v) is 5.82. The molecule has 0 fully saturated rings. The molecule has 1 N–H and O–H groups in total. The molecule has 1 unspecified atom stereocenters. The van der Waals surface area contributed by atoms with E-state index >= 15 is 0 Å². The molecule has 1 aromatic carbocycles. The van der Waals surface area contributed by atoms with Crippen LogP contribution in [-0.2, 0) is 13.0 Å². The van der Waals surface area contributed by atoms with Gasteiger partial charge in [0.1, 0.15) is 18.0 Å². The van der Waals surface area contributed by atoms with Gasteiger partial charge >= 0.3 is 0 Å². The monoisotopic (exact) mass is 310 g/mol. The number of hydrogen-bond donors (Lipinski definition) is 1. The van der Waals surface area contributed by atoms with Gasteiger partial charge < -0.3 is 5.32 Å². The van der Waals surface area contributed by atoms with E-state index in [1.807, 2.05) is 17.8 Å². The summed E-state index contributed by atoms with van der Waals surface area (Å²) in [6.45, 7) is 5.07. The van der Waals surface area contributed by atoms with Crippen LogP contribution in [0.15, 0.2) is 24.5 Å². The zero-order chi connectivity index (χ0) is 15.4. The number of halogens is 2. The molecule has 0 saturated carbocycles. The molecule has 0 aliphatic heterocycles. The molecule has 0 aliphatic rings. The predicted molar refractivity (Wildman–Crippen MR) is 81.8 cm³/mol. The smallest absolute Gasteiger partial charge is 0.142 e. The number of likely N-dealkylation sites (N-methyl/N-ethyl adjacent to an activating group) is 1. The van der Waals surface area contributed by atoms with Gasteiger partial charge in [0.2, 0.25) is 0 Å². The summed E-state index contributed by atoms with van der Waals surface area (Å²) in [7, 11) is 1.83. The molecule has 21 heavy (non-hydrogen) atoms. The Morgan fingerprint density at radius 3 is 2.81 bits per heavy atom. The average Bonchev–Trinajstić information content (AvgIpc) is 2.86. The summed E-state index contributed by atoms with van der Waals surface area (Å²) >= 11 is 6.07. The summed E-state index contributed by atoms with van der Waals surface area (Å²) in [5, 5.41) is 7.58. The van der Waals surface area contributed by atoms with E-state index in [0.717, 1.165) is 17.9 Å². The SMILES string of the molecule is CNC(Cc1ncnn1CC(C)C)c1cccc(F)c1Cl. The maximum absolute atomic E-state index is 13.6. The van der Waals surface area contributed by atoms with Gasteiger partial charge in [-0.3, -0.25) is 0 Å². The van der Waals surface area contributed by atoms with Crippen molar-refractivity contribution in [2.45, 2.75) is 32.9 Å². The zero-order valence-corrected chi connectivity index (χ0v) is 13.2. The third-order valence-corrected chi connectivity index (χ3v) is 3.72. The highest BCUT2D eigenvalue weighted by Crippen LogP contribution is 2.27. The molecule has 0 aliphatic carbocycles. The van der Waals surface area contributed by atoms with Crippen molar-refractivity contribution in [2.24, 2.45) is 5.92 Å². The van der Waals surface area contributed by atoms with Crippen molar-refractivity contribution >= 4 is 11.6 Å². The van der Waals surface area contributed by atoms with Crippen molar-refractivity contribution in [3.05, 3.63) is 46.8 Å². The molecule has 0 saturated heterocycles. The third-order valence-electron chi connectivity index (χ3n) is 3.33. The van der Waals surface area contributed by atoms with Crippen molar-refractivity contribution < 1.29 is 4.39 Å². The molecule has 1 heterocycles. The summed E-state index contributed by atoms with van der Waals surface area (Å²) in [6, 6.07) is 4.75. The summed E-state index contributed by atoms with van der Waals surface area (Å²) < 4.78 is 15.5. The molecule has 2 aromatic rings. The van der Waals surface area contributed by atoms with E-state index in [9.17, 15) is 4.39 Å². The maximum Gasteiger partial charge on any atom is 0.142 e. The molecule has 1 atom stereocenters. The normalized spacial score (nSPS) is 12.9. The van der Waals surface area contributed by atoms with Crippen LogP contribution in [0.2, 0.25) is 5.02 Å². The second-order valence-electron chi connectivity index (χ2n) is 5.44. The number of rotatable bonds is 6. The lowest BCUT2D eigenvalue weighted by Gasteiger charge is -2.18. The highest BCUT2D eigenvalue weighted by atomic mass is 35.5. The summed E-state index contributed by atoms with van der Waals surface area (Å²) in [4.78, 5) is 4.31. The Morgan fingerprint density at radius 2 is 2.14 bits per heavy atom. The van der Waals surface area contributed by atoms with Crippen LogP contribution in [0.25, 0.3) is 0 Å². The third kappa shape index (κ3) is 3.80. The Kier molecular flexibility index (Phi) is 5.31. The van der Waals surface area contributed by atoms with Crippen molar-refractivity contribution in [1.82, 2.24) is 20.1 Å². The Hall–Kier alpha value is -1.46. The molecule has 6 heteroatoms. The average molecular weight is 311 g/mol. The van der Waals surface area contributed by atoms with Crippen LogP contribution in [0.5, 0.6) is 0 Å². The molecule has 1 aromatic heterocycles. The maximum atomic E-state index is 13.6. The second kappa shape index (κ2) is 7.00. The molecule has 2 rings (SSSR count). The Morgan fingerprint density at radius 1 is 1.38 bits per heavy atom. The van der Waals surface area contributed by atoms with Crippen LogP contribution >= 0.6 is 11.6 Å². The number of nitrogens with one attached hydrogen (secondary N) is 1. The lowest BCUT2D eigenvalue weighted by Crippen LogP contribution is -2.22. The van der Waals surface area contributed by atoms with E-state index in [1.165, 1.54) is 6.07 Å². The van der Waals surface area contributed by atoms with Gasteiger partial charge in [-0.25, -0.2) is 14.1 Å². The molecular formula is C15H20ClFN4. The van der Waals surface area contributed by atoms with Gasteiger partial charge in [-0.2, -0.15) is 5.10 Å². The van der Waals surface area contributed by atoms with Gasteiger partial charge in [-0.05, 0) is 24.6 Å². The van der Waals surface area contributed by atoms with E-state index in [-0.39, 0.29) is 11.1 Å². The fourth-order valence-electron chi connectivity index (χ4n) is 2.28. The van der Waals surface area contributed by atoms with E-state index in [4.69, 9.17) is 11.6 Å². The minimum absolute atomic E-state index is 0.108. The van der Waals surface area contributed by atoms with Gasteiger partial charge in [0, 0.05) is 19.0 Å². The van der Waals surface area contributed by atoms with Crippen LogP contribution in [0, 0.1) is 11.7 Å². The van der Waals surface area contributed by atoms with Crippen LogP contribution in [0.3, 0.4) is 0 Å². The lowest BCUT2D eigenvalue weighted by molar-refractivity contribution is 0.451.